The minimum atomic E-state index is 0.815. The number of guanidine groups is 1. The molecule has 2 heterocycles. The van der Waals surface area contributed by atoms with E-state index in [4.69, 9.17) is 4.99 Å². The Bertz CT molecular complexity index is 732. The third kappa shape index (κ3) is 5.78. The number of nitrogens with one attached hydrogen (secondary N) is 1. The van der Waals surface area contributed by atoms with Crippen molar-refractivity contribution in [2.45, 2.75) is 33.7 Å². The second kappa shape index (κ2) is 9.85. The molecule has 0 aliphatic carbocycles. The van der Waals surface area contributed by atoms with E-state index in [2.05, 4.69) is 71.2 Å². The Hall–Kier alpha value is -1.92. The lowest BCUT2D eigenvalue weighted by Crippen LogP contribution is -2.52. The molecule has 1 aromatic heterocycles. The molecular weight excluding hydrogens is 354 g/mol. The highest BCUT2D eigenvalue weighted by Crippen LogP contribution is 2.17. The zero-order valence-electron chi connectivity index (χ0n) is 16.7. The summed E-state index contributed by atoms with van der Waals surface area (Å²) in [5.41, 5.74) is 2.55. The molecule has 1 aliphatic heterocycles. The Balaban J connectivity index is 1.52. The van der Waals surface area contributed by atoms with Crippen LogP contribution in [0.15, 0.2) is 35.3 Å². The van der Waals surface area contributed by atoms with Crippen molar-refractivity contribution in [3.8, 4) is 0 Å². The molecule has 27 heavy (non-hydrogen) atoms. The third-order valence-electron chi connectivity index (χ3n) is 4.86. The second-order valence-corrected chi connectivity index (χ2v) is 8.26. The Morgan fingerprint density at radius 2 is 1.89 bits per heavy atom. The number of nitrogens with zero attached hydrogens (tertiary/aromatic N) is 4. The van der Waals surface area contributed by atoms with Crippen LogP contribution in [-0.2, 0) is 13.0 Å². The van der Waals surface area contributed by atoms with Crippen molar-refractivity contribution in [3.05, 3.63) is 51.5 Å². The molecule has 1 saturated heterocycles. The van der Waals surface area contributed by atoms with Gasteiger partial charge in [-0.15, -0.1) is 11.3 Å². The molecule has 1 aromatic carbocycles. The van der Waals surface area contributed by atoms with Crippen molar-refractivity contribution in [2.24, 2.45) is 4.99 Å². The molecule has 0 unspecified atom stereocenters. The van der Waals surface area contributed by atoms with E-state index < -0.39 is 0 Å². The highest BCUT2D eigenvalue weighted by atomic mass is 32.1. The number of thiazole rings is 1. The highest BCUT2D eigenvalue weighted by molar-refractivity contribution is 7.11. The van der Waals surface area contributed by atoms with Gasteiger partial charge in [0.2, 0.25) is 0 Å². The van der Waals surface area contributed by atoms with E-state index in [9.17, 15) is 0 Å². The lowest BCUT2D eigenvalue weighted by atomic mass is 10.2. The molecule has 1 aliphatic rings. The fraction of sp³-hybridized carbons (Fsp3) is 0.524. The maximum Gasteiger partial charge on any atom is 0.194 e. The van der Waals surface area contributed by atoms with Crippen molar-refractivity contribution < 1.29 is 0 Å². The van der Waals surface area contributed by atoms with Crippen molar-refractivity contribution in [1.82, 2.24) is 20.1 Å². The van der Waals surface area contributed by atoms with Crippen LogP contribution in [0.1, 0.15) is 28.1 Å². The maximum atomic E-state index is 4.88. The van der Waals surface area contributed by atoms with Gasteiger partial charge in [0, 0.05) is 57.1 Å². The Morgan fingerprint density at radius 1 is 1.15 bits per heavy atom. The summed E-state index contributed by atoms with van der Waals surface area (Å²) in [6.45, 7) is 13.3. The van der Waals surface area contributed by atoms with Gasteiger partial charge in [-0.3, -0.25) is 9.89 Å². The van der Waals surface area contributed by atoms with Gasteiger partial charge in [0.15, 0.2) is 5.96 Å². The Kier molecular flexibility index (Phi) is 7.24. The van der Waals surface area contributed by atoms with Crippen LogP contribution in [-0.4, -0.2) is 60.0 Å². The summed E-state index contributed by atoms with van der Waals surface area (Å²) in [5, 5.41) is 4.61. The van der Waals surface area contributed by atoms with Crippen LogP contribution in [0.3, 0.4) is 0 Å². The smallest absolute Gasteiger partial charge is 0.194 e. The van der Waals surface area contributed by atoms with Crippen LogP contribution in [0.4, 0.5) is 0 Å². The van der Waals surface area contributed by atoms with Crippen molar-refractivity contribution in [1.29, 1.82) is 0 Å². The number of aromatic nitrogens is 1. The first-order chi connectivity index (χ1) is 13.2. The van der Waals surface area contributed by atoms with Crippen LogP contribution in [0.2, 0.25) is 0 Å². The zero-order chi connectivity index (χ0) is 19.1. The summed E-state index contributed by atoms with van der Waals surface area (Å²) in [4.78, 5) is 15.7. The average Bonchev–Trinajstić information content (AvgIpc) is 3.00. The molecule has 0 amide bonds. The van der Waals surface area contributed by atoms with Crippen LogP contribution in [0.25, 0.3) is 0 Å². The molecule has 146 valence electrons. The van der Waals surface area contributed by atoms with Crippen LogP contribution >= 0.6 is 11.3 Å². The predicted octanol–water partition coefficient (Wildman–Crippen LogP) is 3.09. The molecule has 0 radical (unpaired) electrons. The van der Waals surface area contributed by atoms with Crippen LogP contribution in [0.5, 0.6) is 0 Å². The number of hydrogen-bond acceptors (Lipinski definition) is 4. The fourth-order valence-electron chi connectivity index (χ4n) is 3.45. The molecule has 6 heteroatoms. The minimum absolute atomic E-state index is 0.815. The highest BCUT2D eigenvalue weighted by Gasteiger charge is 2.19. The summed E-state index contributed by atoms with van der Waals surface area (Å²) >= 11 is 1.80. The SMILES string of the molecule is CCNC(=NCCc1sc(C)nc1C)N1CCN(Cc2ccccc2)CC1. The van der Waals surface area contributed by atoms with E-state index in [0.29, 0.717) is 0 Å². The van der Waals surface area contributed by atoms with Crippen LogP contribution < -0.4 is 5.32 Å². The van der Waals surface area contributed by atoms with Crippen molar-refractivity contribution in [3.63, 3.8) is 0 Å². The van der Waals surface area contributed by atoms with Gasteiger partial charge in [0.05, 0.1) is 10.7 Å². The molecule has 3 rings (SSSR count). The quantitative estimate of drug-likeness (QED) is 0.613. The molecule has 1 fully saturated rings. The van der Waals surface area contributed by atoms with E-state index >= 15 is 0 Å². The molecule has 0 atom stereocenters. The van der Waals surface area contributed by atoms with Gasteiger partial charge in [-0.25, -0.2) is 4.98 Å². The maximum absolute atomic E-state index is 4.88. The topological polar surface area (TPSA) is 43.8 Å². The summed E-state index contributed by atoms with van der Waals surface area (Å²) in [7, 11) is 0. The van der Waals surface area contributed by atoms with Gasteiger partial charge in [-0.2, -0.15) is 0 Å². The third-order valence-corrected chi connectivity index (χ3v) is 5.99. The van der Waals surface area contributed by atoms with Gasteiger partial charge < -0.3 is 10.2 Å². The van der Waals surface area contributed by atoms with Gasteiger partial charge in [-0.1, -0.05) is 30.3 Å². The van der Waals surface area contributed by atoms with Crippen LogP contribution in [0, 0.1) is 13.8 Å². The first-order valence-electron chi connectivity index (χ1n) is 9.88. The second-order valence-electron chi connectivity index (χ2n) is 6.98. The molecule has 0 saturated carbocycles. The Morgan fingerprint density at radius 3 is 2.52 bits per heavy atom. The van der Waals surface area contributed by atoms with E-state index in [1.54, 1.807) is 11.3 Å². The fourth-order valence-corrected chi connectivity index (χ4v) is 4.38. The molecule has 5 nitrogen and oxygen atoms in total. The Labute approximate surface area is 167 Å². The van der Waals surface area contributed by atoms with E-state index in [1.807, 2.05) is 0 Å². The summed E-state index contributed by atoms with van der Waals surface area (Å²) in [6.07, 6.45) is 0.972. The van der Waals surface area contributed by atoms with Gasteiger partial charge in [0.1, 0.15) is 0 Å². The number of piperazine rings is 1. The first kappa shape index (κ1) is 19.8. The molecule has 1 N–H and O–H groups in total. The summed E-state index contributed by atoms with van der Waals surface area (Å²) in [6, 6.07) is 10.7. The van der Waals surface area contributed by atoms with E-state index in [-0.39, 0.29) is 0 Å². The molecular formula is C21H31N5S. The monoisotopic (exact) mass is 385 g/mol. The number of aryl methyl sites for hydroxylation is 2. The average molecular weight is 386 g/mol. The molecule has 2 aromatic rings. The number of hydrogen-bond donors (Lipinski definition) is 1. The van der Waals surface area contributed by atoms with E-state index in [0.717, 1.165) is 68.9 Å². The normalized spacial score (nSPS) is 16.0. The van der Waals surface area contributed by atoms with Gasteiger partial charge >= 0.3 is 0 Å². The van der Waals surface area contributed by atoms with Gasteiger partial charge in [-0.05, 0) is 26.3 Å². The molecule has 0 bridgehead atoms. The van der Waals surface area contributed by atoms with E-state index in [1.165, 1.54) is 10.4 Å². The number of aliphatic imine (C=N–C) groups is 1. The minimum Gasteiger partial charge on any atom is -0.357 e. The largest absolute Gasteiger partial charge is 0.357 e. The number of benzene rings is 1. The summed E-state index contributed by atoms with van der Waals surface area (Å²) in [5.74, 6) is 1.05. The standard InChI is InChI=1S/C21H31N5S/c1-4-22-21(23-11-10-20-17(2)24-18(3)27-20)26-14-12-25(13-15-26)16-19-8-6-5-7-9-19/h5-9H,4,10-16H2,1-3H3,(H,22,23). The zero-order valence-corrected chi connectivity index (χ0v) is 17.6. The summed E-state index contributed by atoms with van der Waals surface area (Å²) < 4.78 is 0. The van der Waals surface area contributed by atoms with Crippen molar-refractivity contribution >= 4 is 17.3 Å². The lowest BCUT2D eigenvalue weighted by Gasteiger charge is -2.36. The first-order valence-corrected chi connectivity index (χ1v) is 10.7. The van der Waals surface area contributed by atoms with Crippen molar-refractivity contribution in [2.75, 3.05) is 39.3 Å². The predicted molar refractivity (Wildman–Crippen MR) is 115 cm³/mol. The number of rotatable bonds is 6. The lowest BCUT2D eigenvalue weighted by molar-refractivity contribution is 0.172. The molecule has 0 spiro atoms. The van der Waals surface area contributed by atoms with Gasteiger partial charge in [0.25, 0.3) is 0 Å².